The smallest absolute Gasteiger partial charge is 0.164 e. The van der Waals surface area contributed by atoms with Gasteiger partial charge in [-0.25, -0.2) is 15.0 Å². The normalized spacial score (nSPS) is 11.9. The summed E-state index contributed by atoms with van der Waals surface area (Å²) in [6, 6.07) is 61.1. The molecule has 0 amide bonds. The van der Waals surface area contributed by atoms with Crippen LogP contribution in [0.25, 0.3) is 120 Å². The fourth-order valence-electron chi connectivity index (χ4n) is 8.23. The van der Waals surface area contributed by atoms with E-state index in [1.54, 1.807) is 11.3 Å². The lowest BCUT2D eigenvalue weighted by atomic mass is 9.93. The molecule has 4 heterocycles. The standard InChI is InChI=1S/C51H29N3O2S/c1-2-11-30(12-3-1)49-52-50(32-22-25-39-37-16-7-9-20-44(37)56-46(39)28-32)54-51(53-49)33-23-26-40-42-18-10-17-41(48(42)57-47(40)29-33)35-14-5-4-13-34(35)31-21-24-38-36-15-6-8-19-43(36)55-45(38)27-31/h1-29H. The Morgan fingerprint density at radius 1 is 0.316 bits per heavy atom. The first-order valence-electron chi connectivity index (χ1n) is 18.9. The number of hydrogen-bond acceptors (Lipinski definition) is 6. The largest absolute Gasteiger partial charge is 0.456 e. The minimum absolute atomic E-state index is 0.595. The molecule has 0 saturated carbocycles. The Kier molecular flexibility index (Phi) is 7.03. The summed E-state index contributed by atoms with van der Waals surface area (Å²) in [6.45, 7) is 0. The summed E-state index contributed by atoms with van der Waals surface area (Å²) in [5, 5.41) is 6.85. The second kappa shape index (κ2) is 12.6. The third-order valence-electron chi connectivity index (χ3n) is 11.0. The minimum Gasteiger partial charge on any atom is -0.456 e. The molecule has 0 fully saturated rings. The van der Waals surface area contributed by atoms with Crippen LogP contribution in [0.5, 0.6) is 0 Å². The Hall–Kier alpha value is -7.41. The fraction of sp³-hybridized carbons (Fsp3) is 0. The number of aromatic nitrogens is 3. The number of rotatable bonds is 5. The summed E-state index contributed by atoms with van der Waals surface area (Å²) in [6.07, 6.45) is 0. The number of para-hydroxylation sites is 2. The molecule has 0 bridgehead atoms. The second-order valence-electron chi connectivity index (χ2n) is 14.3. The van der Waals surface area contributed by atoms with Crippen LogP contribution in [0, 0.1) is 0 Å². The highest BCUT2D eigenvalue weighted by Crippen LogP contribution is 2.44. The highest BCUT2D eigenvalue weighted by molar-refractivity contribution is 7.26. The van der Waals surface area contributed by atoms with Crippen LogP contribution in [0.3, 0.4) is 0 Å². The van der Waals surface area contributed by atoms with Gasteiger partial charge in [0.05, 0.1) is 0 Å². The van der Waals surface area contributed by atoms with Gasteiger partial charge in [0.15, 0.2) is 17.5 Å². The van der Waals surface area contributed by atoms with Crippen molar-refractivity contribution >= 4 is 75.4 Å². The van der Waals surface area contributed by atoms with Crippen molar-refractivity contribution in [1.29, 1.82) is 0 Å². The third kappa shape index (κ3) is 5.19. The number of benzene rings is 8. The lowest BCUT2D eigenvalue weighted by molar-refractivity contribution is 0.668. The van der Waals surface area contributed by atoms with Gasteiger partial charge in [0.1, 0.15) is 22.3 Å². The fourth-order valence-corrected chi connectivity index (χ4v) is 9.50. The maximum Gasteiger partial charge on any atom is 0.164 e. The lowest BCUT2D eigenvalue weighted by Crippen LogP contribution is -2.00. The maximum atomic E-state index is 6.29. The van der Waals surface area contributed by atoms with Gasteiger partial charge >= 0.3 is 0 Å². The molecular weight excluding hydrogens is 719 g/mol. The molecule has 12 aromatic rings. The molecule has 8 aromatic carbocycles. The van der Waals surface area contributed by atoms with E-state index in [0.29, 0.717) is 17.5 Å². The first kappa shape index (κ1) is 31.9. The van der Waals surface area contributed by atoms with Crippen LogP contribution in [0.15, 0.2) is 185 Å². The topological polar surface area (TPSA) is 65.0 Å². The predicted molar refractivity (Wildman–Crippen MR) is 234 cm³/mol. The van der Waals surface area contributed by atoms with E-state index in [1.807, 2.05) is 66.7 Å². The third-order valence-corrected chi connectivity index (χ3v) is 12.2. The molecule has 4 aromatic heterocycles. The van der Waals surface area contributed by atoms with Gasteiger partial charge in [-0.1, -0.05) is 133 Å². The molecule has 0 saturated heterocycles. The Morgan fingerprint density at radius 2 is 0.807 bits per heavy atom. The van der Waals surface area contributed by atoms with E-state index < -0.39 is 0 Å². The number of hydrogen-bond donors (Lipinski definition) is 0. The average molecular weight is 748 g/mol. The van der Waals surface area contributed by atoms with Crippen molar-refractivity contribution < 1.29 is 8.83 Å². The van der Waals surface area contributed by atoms with Gasteiger partial charge in [-0.2, -0.15) is 0 Å². The highest BCUT2D eigenvalue weighted by atomic mass is 32.1. The van der Waals surface area contributed by atoms with Gasteiger partial charge in [-0.15, -0.1) is 11.3 Å². The second-order valence-corrected chi connectivity index (χ2v) is 15.4. The number of nitrogens with zero attached hydrogens (tertiary/aromatic N) is 3. The zero-order valence-corrected chi connectivity index (χ0v) is 31.1. The van der Waals surface area contributed by atoms with Crippen molar-refractivity contribution in [2.24, 2.45) is 0 Å². The van der Waals surface area contributed by atoms with E-state index >= 15 is 0 Å². The molecule has 0 N–H and O–H groups in total. The summed E-state index contributed by atoms with van der Waals surface area (Å²) in [4.78, 5) is 15.1. The summed E-state index contributed by atoms with van der Waals surface area (Å²) in [5.41, 5.74) is 10.9. The first-order chi connectivity index (χ1) is 28.2. The van der Waals surface area contributed by atoms with Crippen molar-refractivity contribution in [2.75, 3.05) is 0 Å². The van der Waals surface area contributed by atoms with Gasteiger partial charge < -0.3 is 8.83 Å². The zero-order valence-electron chi connectivity index (χ0n) is 30.3. The molecular formula is C51H29N3O2S. The van der Waals surface area contributed by atoms with Gasteiger partial charge in [0.2, 0.25) is 0 Å². The molecule has 0 aliphatic rings. The van der Waals surface area contributed by atoms with E-state index in [1.165, 1.54) is 31.3 Å². The molecule has 0 spiro atoms. The van der Waals surface area contributed by atoms with Crippen molar-refractivity contribution in [3.05, 3.63) is 176 Å². The van der Waals surface area contributed by atoms with E-state index in [0.717, 1.165) is 71.7 Å². The van der Waals surface area contributed by atoms with Crippen molar-refractivity contribution in [3.63, 3.8) is 0 Å². The summed E-state index contributed by atoms with van der Waals surface area (Å²) in [5.74, 6) is 1.84. The molecule has 5 nitrogen and oxygen atoms in total. The number of furan rings is 2. The van der Waals surface area contributed by atoms with Gasteiger partial charge in [0.25, 0.3) is 0 Å². The van der Waals surface area contributed by atoms with Crippen LogP contribution in [-0.4, -0.2) is 15.0 Å². The van der Waals surface area contributed by atoms with Crippen LogP contribution >= 0.6 is 11.3 Å². The minimum atomic E-state index is 0.595. The molecule has 57 heavy (non-hydrogen) atoms. The van der Waals surface area contributed by atoms with Crippen LogP contribution in [0.2, 0.25) is 0 Å². The SMILES string of the molecule is c1ccc(-c2nc(-c3ccc4c(c3)oc3ccccc34)nc(-c3ccc4c(c3)sc3c(-c5ccccc5-c5ccc6c(c5)oc5ccccc56)cccc34)n2)cc1. The van der Waals surface area contributed by atoms with Crippen molar-refractivity contribution in [1.82, 2.24) is 15.0 Å². The molecule has 0 atom stereocenters. The Bertz CT molecular complexity index is 3540. The van der Waals surface area contributed by atoms with Gasteiger partial charge in [0, 0.05) is 64.0 Å². The number of fused-ring (bicyclic) bond motifs is 9. The summed E-state index contributed by atoms with van der Waals surface area (Å²) in [7, 11) is 0. The highest BCUT2D eigenvalue weighted by Gasteiger charge is 2.18. The van der Waals surface area contributed by atoms with Crippen LogP contribution < -0.4 is 0 Å². The Morgan fingerprint density at radius 3 is 1.51 bits per heavy atom. The predicted octanol–water partition coefficient (Wildman–Crippen LogP) is 14.4. The Balaban J connectivity index is 0.985. The van der Waals surface area contributed by atoms with Gasteiger partial charge in [-0.05, 0) is 59.2 Å². The van der Waals surface area contributed by atoms with E-state index in [9.17, 15) is 0 Å². The molecule has 0 aliphatic heterocycles. The summed E-state index contributed by atoms with van der Waals surface area (Å²) >= 11 is 1.80. The van der Waals surface area contributed by atoms with E-state index in [4.69, 9.17) is 23.8 Å². The van der Waals surface area contributed by atoms with Crippen molar-refractivity contribution in [2.45, 2.75) is 0 Å². The maximum absolute atomic E-state index is 6.29. The van der Waals surface area contributed by atoms with Crippen molar-refractivity contribution in [3.8, 4) is 56.4 Å². The van der Waals surface area contributed by atoms with Crippen LogP contribution in [-0.2, 0) is 0 Å². The van der Waals surface area contributed by atoms with Crippen LogP contribution in [0.4, 0.5) is 0 Å². The molecule has 0 unspecified atom stereocenters. The van der Waals surface area contributed by atoms with E-state index in [-0.39, 0.29) is 0 Å². The molecule has 0 radical (unpaired) electrons. The average Bonchev–Trinajstić information content (AvgIpc) is 3.97. The molecule has 12 rings (SSSR count). The Labute approximate surface area is 330 Å². The summed E-state index contributed by atoms with van der Waals surface area (Å²) < 4.78 is 15.0. The molecule has 0 aliphatic carbocycles. The first-order valence-corrected chi connectivity index (χ1v) is 19.7. The molecule has 266 valence electrons. The zero-order chi connectivity index (χ0) is 37.5. The quantitative estimate of drug-likeness (QED) is 0.175. The number of thiophene rings is 1. The lowest BCUT2D eigenvalue weighted by Gasteiger charge is -2.11. The van der Waals surface area contributed by atoms with Gasteiger partial charge in [-0.3, -0.25) is 0 Å². The monoisotopic (exact) mass is 747 g/mol. The molecule has 6 heteroatoms. The van der Waals surface area contributed by atoms with Crippen LogP contribution in [0.1, 0.15) is 0 Å². The van der Waals surface area contributed by atoms with E-state index in [2.05, 4.69) is 109 Å².